The van der Waals surface area contributed by atoms with Gasteiger partial charge in [0.1, 0.15) is 0 Å². The van der Waals surface area contributed by atoms with Gasteiger partial charge in [-0.25, -0.2) is 0 Å². The zero-order valence-corrected chi connectivity index (χ0v) is 12.6. The zero-order chi connectivity index (χ0) is 14.8. The number of nitrogens with one attached hydrogen (secondary N) is 1. The number of hydrogen-bond donors (Lipinski definition) is 1. The predicted molar refractivity (Wildman–Crippen MR) is 86.0 cm³/mol. The van der Waals surface area contributed by atoms with Crippen LogP contribution < -0.4 is 10.2 Å². The molecule has 1 aliphatic heterocycles. The van der Waals surface area contributed by atoms with Gasteiger partial charge in [-0.3, -0.25) is 4.79 Å². The molecular formula is C17H17ClN2O. The maximum Gasteiger partial charge on any atom is 0.251 e. The molecule has 1 N–H and O–H groups in total. The smallest absolute Gasteiger partial charge is 0.251 e. The van der Waals surface area contributed by atoms with E-state index in [-0.39, 0.29) is 11.9 Å². The van der Waals surface area contributed by atoms with E-state index in [2.05, 4.69) is 29.4 Å². The first-order chi connectivity index (χ1) is 10.1. The second-order valence-electron chi connectivity index (χ2n) is 5.30. The molecule has 4 heteroatoms. The van der Waals surface area contributed by atoms with Gasteiger partial charge in [0, 0.05) is 29.9 Å². The number of amides is 1. The Morgan fingerprint density at radius 1 is 1.19 bits per heavy atom. The fourth-order valence-corrected chi connectivity index (χ4v) is 2.85. The minimum atomic E-state index is -0.0592. The molecule has 3 rings (SSSR count). The maximum atomic E-state index is 12.3. The number of carbonyl (C=O) groups is 1. The van der Waals surface area contributed by atoms with Crippen molar-refractivity contribution in [3.63, 3.8) is 0 Å². The molecule has 0 saturated heterocycles. The number of hydrogen-bond acceptors (Lipinski definition) is 2. The topological polar surface area (TPSA) is 32.3 Å². The molecule has 3 nitrogen and oxygen atoms in total. The number of carbonyl (C=O) groups excluding carboxylic acids is 1. The van der Waals surface area contributed by atoms with Crippen LogP contribution in [0.25, 0.3) is 0 Å². The van der Waals surface area contributed by atoms with Crippen LogP contribution in [0, 0.1) is 0 Å². The molecule has 0 saturated carbocycles. The molecule has 1 amide bonds. The molecule has 0 fully saturated rings. The van der Waals surface area contributed by atoms with Crippen LogP contribution in [-0.2, 0) is 0 Å². The summed E-state index contributed by atoms with van der Waals surface area (Å²) in [6, 6.07) is 15.2. The highest BCUT2D eigenvalue weighted by Crippen LogP contribution is 2.32. The first-order valence-electron chi connectivity index (χ1n) is 7.01. The van der Waals surface area contributed by atoms with Gasteiger partial charge < -0.3 is 10.2 Å². The van der Waals surface area contributed by atoms with E-state index in [9.17, 15) is 4.79 Å². The summed E-state index contributed by atoms with van der Waals surface area (Å²) >= 11 is 5.85. The molecular weight excluding hydrogens is 284 g/mol. The van der Waals surface area contributed by atoms with Crippen LogP contribution in [0.3, 0.4) is 0 Å². The van der Waals surface area contributed by atoms with E-state index in [0.29, 0.717) is 10.6 Å². The van der Waals surface area contributed by atoms with Crippen LogP contribution in [0.5, 0.6) is 0 Å². The van der Waals surface area contributed by atoms with E-state index < -0.39 is 0 Å². The number of para-hydroxylation sites is 1. The van der Waals surface area contributed by atoms with Crippen LogP contribution in [0.1, 0.15) is 28.4 Å². The van der Waals surface area contributed by atoms with Crippen molar-refractivity contribution in [1.82, 2.24) is 5.32 Å². The van der Waals surface area contributed by atoms with Gasteiger partial charge in [-0.2, -0.15) is 0 Å². The van der Waals surface area contributed by atoms with E-state index in [4.69, 9.17) is 11.6 Å². The lowest BCUT2D eigenvalue weighted by Gasteiger charge is -2.33. The number of halogens is 1. The van der Waals surface area contributed by atoms with Crippen molar-refractivity contribution in [2.24, 2.45) is 0 Å². The summed E-state index contributed by atoms with van der Waals surface area (Å²) in [5.41, 5.74) is 2.99. The van der Waals surface area contributed by atoms with Gasteiger partial charge in [0.15, 0.2) is 0 Å². The lowest BCUT2D eigenvalue weighted by Crippen LogP contribution is -2.36. The Morgan fingerprint density at radius 3 is 2.67 bits per heavy atom. The Bertz CT molecular complexity index is 654. The number of rotatable bonds is 2. The molecule has 0 bridgehead atoms. The SMILES string of the molecule is CN1CCC(NC(=O)c2ccc(Cl)cc2)c2ccccc21. The standard InChI is InChI=1S/C17H17ClN2O/c1-20-11-10-15(14-4-2-3-5-16(14)20)19-17(21)12-6-8-13(18)9-7-12/h2-9,15H,10-11H2,1H3,(H,19,21). The van der Waals surface area contributed by atoms with E-state index in [1.165, 1.54) is 11.3 Å². The Kier molecular flexibility index (Phi) is 3.84. The van der Waals surface area contributed by atoms with Gasteiger partial charge in [-0.15, -0.1) is 0 Å². The average Bonchev–Trinajstić information content (AvgIpc) is 2.51. The van der Waals surface area contributed by atoms with Crippen molar-refractivity contribution in [3.05, 3.63) is 64.7 Å². The highest BCUT2D eigenvalue weighted by molar-refractivity contribution is 6.30. The van der Waals surface area contributed by atoms with Gasteiger partial charge in [0.2, 0.25) is 0 Å². The second-order valence-corrected chi connectivity index (χ2v) is 5.74. The summed E-state index contributed by atoms with van der Waals surface area (Å²) in [6.45, 7) is 0.933. The van der Waals surface area contributed by atoms with Gasteiger partial charge >= 0.3 is 0 Å². The molecule has 108 valence electrons. The minimum Gasteiger partial charge on any atom is -0.374 e. The first-order valence-corrected chi connectivity index (χ1v) is 7.39. The predicted octanol–water partition coefficient (Wildman–Crippen LogP) is 3.65. The summed E-state index contributed by atoms with van der Waals surface area (Å²) in [5.74, 6) is -0.0592. The molecule has 2 aromatic carbocycles. The summed E-state index contributed by atoms with van der Waals surface area (Å²) in [5, 5.41) is 3.76. The van der Waals surface area contributed by atoms with Crippen molar-refractivity contribution >= 4 is 23.2 Å². The third kappa shape index (κ3) is 2.88. The van der Waals surface area contributed by atoms with E-state index in [0.717, 1.165) is 13.0 Å². The third-order valence-electron chi connectivity index (χ3n) is 3.89. The fraction of sp³-hybridized carbons (Fsp3) is 0.235. The molecule has 1 heterocycles. The van der Waals surface area contributed by atoms with Gasteiger partial charge in [-0.1, -0.05) is 29.8 Å². The maximum absolute atomic E-state index is 12.3. The molecule has 0 aliphatic carbocycles. The Balaban J connectivity index is 1.81. The molecule has 1 unspecified atom stereocenters. The monoisotopic (exact) mass is 300 g/mol. The summed E-state index contributed by atoms with van der Waals surface area (Å²) in [7, 11) is 2.08. The van der Waals surface area contributed by atoms with Crippen molar-refractivity contribution in [1.29, 1.82) is 0 Å². The van der Waals surface area contributed by atoms with Crippen LogP contribution in [0.4, 0.5) is 5.69 Å². The number of anilines is 1. The zero-order valence-electron chi connectivity index (χ0n) is 11.8. The summed E-state index contributed by atoms with van der Waals surface area (Å²) in [6.07, 6.45) is 0.910. The Morgan fingerprint density at radius 2 is 1.90 bits per heavy atom. The second kappa shape index (κ2) is 5.78. The average molecular weight is 301 g/mol. The summed E-state index contributed by atoms with van der Waals surface area (Å²) < 4.78 is 0. The lowest BCUT2D eigenvalue weighted by molar-refractivity contribution is 0.0934. The highest BCUT2D eigenvalue weighted by Gasteiger charge is 2.24. The van der Waals surface area contributed by atoms with Crippen LogP contribution in [0.2, 0.25) is 5.02 Å². The van der Waals surface area contributed by atoms with Crippen molar-refractivity contribution in [2.45, 2.75) is 12.5 Å². The van der Waals surface area contributed by atoms with Crippen molar-refractivity contribution < 1.29 is 4.79 Å². The van der Waals surface area contributed by atoms with Crippen LogP contribution in [-0.4, -0.2) is 19.5 Å². The van der Waals surface area contributed by atoms with Crippen LogP contribution in [0.15, 0.2) is 48.5 Å². The minimum absolute atomic E-state index is 0.0561. The molecule has 1 aliphatic rings. The fourth-order valence-electron chi connectivity index (χ4n) is 2.72. The first kappa shape index (κ1) is 14.0. The van der Waals surface area contributed by atoms with E-state index in [1.807, 2.05) is 12.1 Å². The van der Waals surface area contributed by atoms with E-state index in [1.54, 1.807) is 24.3 Å². The van der Waals surface area contributed by atoms with Gasteiger partial charge in [0.05, 0.1) is 6.04 Å². The Labute approximate surface area is 129 Å². The molecule has 1 atom stereocenters. The van der Waals surface area contributed by atoms with Crippen molar-refractivity contribution in [2.75, 3.05) is 18.5 Å². The largest absolute Gasteiger partial charge is 0.374 e. The molecule has 0 radical (unpaired) electrons. The number of fused-ring (bicyclic) bond motifs is 1. The summed E-state index contributed by atoms with van der Waals surface area (Å²) in [4.78, 5) is 14.6. The molecule has 0 spiro atoms. The number of nitrogens with zero attached hydrogens (tertiary/aromatic N) is 1. The third-order valence-corrected chi connectivity index (χ3v) is 4.14. The molecule has 0 aromatic heterocycles. The quantitative estimate of drug-likeness (QED) is 0.918. The molecule has 21 heavy (non-hydrogen) atoms. The Hall–Kier alpha value is -2.00. The van der Waals surface area contributed by atoms with Crippen molar-refractivity contribution in [3.8, 4) is 0 Å². The normalized spacial score (nSPS) is 17.2. The van der Waals surface area contributed by atoms with E-state index >= 15 is 0 Å². The van der Waals surface area contributed by atoms with Crippen LogP contribution >= 0.6 is 11.6 Å². The van der Waals surface area contributed by atoms with Gasteiger partial charge in [0.25, 0.3) is 5.91 Å². The molecule has 2 aromatic rings. The van der Waals surface area contributed by atoms with Gasteiger partial charge in [-0.05, 0) is 42.3 Å². The highest BCUT2D eigenvalue weighted by atomic mass is 35.5. The number of benzene rings is 2. The lowest BCUT2D eigenvalue weighted by atomic mass is 9.96.